The fraction of sp³-hybridized carbons (Fsp3) is 0.333. The molecule has 31 heavy (non-hydrogen) atoms. The molecule has 0 saturated carbocycles. The topological polar surface area (TPSA) is 101 Å². The number of amides is 1. The molecule has 0 aliphatic rings. The van der Waals surface area contributed by atoms with E-state index in [0.29, 0.717) is 34.0 Å². The summed E-state index contributed by atoms with van der Waals surface area (Å²) < 4.78 is 28.3. The smallest absolute Gasteiger partial charge is 0.264 e. The van der Waals surface area contributed by atoms with E-state index in [1.165, 1.54) is 6.07 Å². The third kappa shape index (κ3) is 5.77. The van der Waals surface area contributed by atoms with E-state index >= 15 is 0 Å². The first-order valence-electron chi connectivity index (χ1n) is 9.73. The minimum atomic E-state index is -3.86. The lowest BCUT2D eigenvalue weighted by atomic mass is 10.2. The number of aromatic nitrogens is 2. The van der Waals surface area contributed by atoms with E-state index in [-0.39, 0.29) is 17.7 Å². The summed E-state index contributed by atoms with van der Waals surface area (Å²) >= 11 is 12.3. The highest BCUT2D eigenvalue weighted by atomic mass is 35.5. The average molecular weight is 484 g/mol. The maximum Gasteiger partial charge on any atom is 0.264 e. The van der Waals surface area contributed by atoms with Gasteiger partial charge in [-0.05, 0) is 55.7 Å². The lowest BCUT2D eigenvalue weighted by Gasteiger charge is -2.11. The lowest BCUT2D eigenvalue weighted by molar-refractivity contribution is 0.0981. The molecular formula is C21H23Cl2N3O4S. The molecule has 3 aromatic rings. The van der Waals surface area contributed by atoms with Gasteiger partial charge in [0.2, 0.25) is 10.0 Å². The lowest BCUT2D eigenvalue weighted by Crippen LogP contribution is -2.33. The highest BCUT2D eigenvalue weighted by Crippen LogP contribution is 2.25. The van der Waals surface area contributed by atoms with Gasteiger partial charge < -0.3 is 9.67 Å². The van der Waals surface area contributed by atoms with Crippen LogP contribution < -0.4 is 4.72 Å². The number of nitrogens with one attached hydrogen (secondary N) is 1. The Morgan fingerprint density at radius 1 is 1.23 bits per heavy atom. The number of fused-ring (bicyclic) bond motifs is 1. The summed E-state index contributed by atoms with van der Waals surface area (Å²) in [6, 6.07) is 10.0. The summed E-state index contributed by atoms with van der Waals surface area (Å²) in [6.45, 7) is 4.01. The number of rotatable bonds is 8. The number of benzene rings is 2. The predicted molar refractivity (Wildman–Crippen MR) is 122 cm³/mol. The Kier molecular flexibility index (Phi) is 7.26. The summed E-state index contributed by atoms with van der Waals surface area (Å²) in [5, 5.41) is 10.6. The number of hydrogen-bond donors (Lipinski definition) is 2. The van der Waals surface area contributed by atoms with E-state index in [0.717, 1.165) is 11.4 Å². The number of aliphatic hydroxyl groups is 1. The molecule has 0 aliphatic carbocycles. The molecule has 1 aromatic heterocycles. The molecule has 3 rings (SSSR count). The van der Waals surface area contributed by atoms with Crippen molar-refractivity contribution in [2.75, 3.05) is 5.75 Å². The minimum absolute atomic E-state index is 0.0615. The third-order valence-electron chi connectivity index (χ3n) is 4.98. The molecule has 1 atom stereocenters. The Bertz CT molecular complexity index is 1220. The largest absolute Gasteiger partial charge is 0.393 e. The van der Waals surface area contributed by atoms with Crippen LogP contribution in [0.1, 0.15) is 41.5 Å². The number of aryl methyl sites for hydroxylation is 1. The van der Waals surface area contributed by atoms with Crippen molar-refractivity contribution in [2.45, 2.75) is 39.3 Å². The number of halogens is 2. The molecule has 0 spiro atoms. The fourth-order valence-electron chi connectivity index (χ4n) is 3.15. The SMILES string of the molecule is CCC(O)CCS(=O)(=O)NC(=O)c1ccc2nc(C)n(Cc3ccc(Cl)cc3Cl)c2c1. The molecule has 0 bridgehead atoms. The van der Waals surface area contributed by atoms with Crippen LogP contribution >= 0.6 is 23.2 Å². The van der Waals surface area contributed by atoms with Gasteiger partial charge in [-0.25, -0.2) is 18.1 Å². The standard InChI is InChI=1S/C21H23Cl2N3O4S/c1-3-17(27)8-9-31(29,30)25-21(28)14-5-7-19-20(10-14)26(13(2)24-19)12-15-4-6-16(22)11-18(15)23/h4-7,10-11,17,27H,3,8-9,12H2,1-2H3,(H,25,28). The van der Waals surface area contributed by atoms with Crippen LogP contribution in [-0.2, 0) is 16.6 Å². The first-order chi connectivity index (χ1) is 14.6. The second-order valence-electron chi connectivity index (χ2n) is 7.29. The zero-order chi connectivity index (χ0) is 22.8. The van der Waals surface area contributed by atoms with E-state index in [9.17, 15) is 18.3 Å². The Balaban J connectivity index is 1.86. The Hall–Kier alpha value is -2.13. The van der Waals surface area contributed by atoms with Gasteiger partial charge in [0.25, 0.3) is 5.91 Å². The monoisotopic (exact) mass is 483 g/mol. The maximum absolute atomic E-state index is 12.6. The van der Waals surface area contributed by atoms with Crippen molar-refractivity contribution in [3.63, 3.8) is 0 Å². The van der Waals surface area contributed by atoms with Gasteiger partial charge in [0.1, 0.15) is 5.82 Å². The molecule has 0 aliphatic heterocycles. The van der Waals surface area contributed by atoms with Gasteiger partial charge in [-0.15, -0.1) is 0 Å². The number of nitrogens with zero attached hydrogens (tertiary/aromatic N) is 2. The number of carbonyl (C=O) groups is 1. The summed E-state index contributed by atoms with van der Waals surface area (Å²) in [6.07, 6.45) is -0.215. The maximum atomic E-state index is 12.6. The van der Waals surface area contributed by atoms with Crippen molar-refractivity contribution in [3.05, 3.63) is 63.4 Å². The number of sulfonamides is 1. The molecule has 1 heterocycles. The van der Waals surface area contributed by atoms with Crippen molar-refractivity contribution in [1.29, 1.82) is 0 Å². The van der Waals surface area contributed by atoms with Crippen LogP contribution in [0.5, 0.6) is 0 Å². The van der Waals surface area contributed by atoms with Crippen LogP contribution in [0, 0.1) is 6.92 Å². The molecule has 10 heteroatoms. The van der Waals surface area contributed by atoms with Gasteiger partial charge in [0, 0.05) is 15.6 Å². The number of aliphatic hydroxyl groups excluding tert-OH is 1. The molecule has 2 aromatic carbocycles. The van der Waals surface area contributed by atoms with Crippen LogP contribution in [0.3, 0.4) is 0 Å². The summed E-state index contributed by atoms with van der Waals surface area (Å²) in [5.74, 6) is -0.343. The second-order valence-corrected chi connectivity index (χ2v) is 9.97. The molecule has 1 amide bonds. The molecule has 7 nitrogen and oxygen atoms in total. The van der Waals surface area contributed by atoms with E-state index in [2.05, 4.69) is 9.71 Å². The van der Waals surface area contributed by atoms with Gasteiger partial charge in [-0.2, -0.15) is 0 Å². The highest BCUT2D eigenvalue weighted by Gasteiger charge is 2.19. The number of hydrogen-bond acceptors (Lipinski definition) is 5. The highest BCUT2D eigenvalue weighted by molar-refractivity contribution is 7.90. The van der Waals surface area contributed by atoms with E-state index in [1.807, 2.05) is 17.6 Å². The second kappa shape index (κ2) is 9.56. The van der Waals surface area contributed by atoms with Crippen molar-refractivity contribution in [1.82, 2.24) is 14.3 Å². The molecule has 1 unspecified atom stereocenters. The van der Waals surface area contributed by atoms with Gasteiger partial charge >= 0.3 is 0 Å². The molecule has 0 radical (unpaired) electrons. The fourth-order valence-corrected chi connectivity index (χ4v) is 4.70. The normalized spacial score (nSPS) is 12.8. The first kappa shape index (κ1) is 23.5. The van der Waals surface area contributed by atoms with E-state index in [4.69, 9.17) is 23.2 Å². The zero-order valence-electron chi connectivity index (χ0n) is 17.1. The van der Waals surface area contributed by atoms with Crippen LogP contribution in [0.25, 0.3) is 11.0 Å². The quantitative estimate of drug-likeness (QED) is 0.505. The van der Waals surface area contributed by atoms with Crippen LogP contribution in [0.4, 0.5) is 0 Å². The Morgan fingerprint density at radius 3 is 2.65 bits per heavy atom. The average Bonchev–Trinajstić information content (AvgIpc) is 3.02. The van der Waals surface area contributed by atoms with Crippen molar-refractivity contribution >= 4 is 50.2 Å². The van der Waals surface area contributed by atoms with Gasteiger partial charge in [-0.3, -0.25) is 4.79 Å². The number of carbonyl (C=O) groups excluding carboxylic acids is 1. The first-order valence-corrected chi connectivity index (χ1v) is 12.1. The molecular weight excluding hydrogens is 461 g/mol. The van der Waals surface area contributed by atoms with Crippen LogP contribution in [0.15, 0.2) is 36.4 Å². The van der Waals surface area contributed by atoms with Crippen LogP contribution in [0.2, 0.25) is 10.0 Å². The summed E-state index contributed by atoms with van der Waals surface area (Å²) in [7, 11) is -3.86. The molecule has 0 fully saturated rings. The van der Waals surface area contributed by atoms with Gasteiger partial charge in [-0.1, -0.05) is 36.2 Å². The summed E-state index contributed by atoms with van der Waals surface area (Å²) in [4.78, 5) is 17.1. The van der Waals surface area contributed by atoms with Gasteiger partial charge in [0.15, 0.2) is 0 Å². The Labute approximate surface area is 191 Å². The molecule has 166 valence electrons. The predicted octanol–water partition coefficient (Wildman–Crippen LogP) is 3.92. The van der Waals surface area contributed by atoms with Crippen molar-refractivity contribution in [3.8, 4) is 0 Å². The van der Waals surface area contributed by atoms with Gasteiger partial charge in [0.05, 0.1) is 29.4 Å². The molecule has 2 N–H and O–H groups in total. The zero-order valence-corrected chi connectivity index (χ0v) is 19.4. The summed E-state index contributed by atoms with van der Waals surface area (Å²) in [5.41, 5.74) is 2.37. The van der Waals surface area contributed by atoms with E-state index in [1.54, 1.807) is 31.2 Å². The van der Waals surface area contributed by atoms with E-state index < -0.39 is 22.0 Å². The number of imidazole rings is 1. The van der Waals surface area contributed by atoms with Crippen LogP contribution in [-0.4, -0.2) is 40.8 Å². The van der Waals surface area contributed by atoms with Crippen molar-refractivity contribution in [2.24, 2.45) is 0 Å². The Morgan fingerprint density at radius 2 is 1.97 bits per heavy atom. The minimum Gasteiger partial charge on any atom is -0.393 e. The van der Waals surface area contributed by atoms with Crippen molar-refractivity contribution < 1.29 is 18.3 Å². The molecule has 0 saturated heterocycles. The third-order valence-corrected chi connectivity index (χ3v) is 6.84.